The summed E-state index contributed by atoms with van der Waals surface area (Å²) < 4.78 is 0. The molecule has 0 bridgehead atoms. The van der Waals surface area contributed by atoms with Gasteiger partial charge in [-0.2, -0.15) is 0 Å². The van der Waals surface area contributed by atoms with E-state index in [1.54, 1.807) is 0 Å². The van der Waals surface area contributed by atoms with E-state index in [0.717, 1.165) is 5.69 Å². The number of nitrogens with one attached hydrogen (secondary N) is 2. The Morgan fingerprint density at radius 3 is 2.50 bits per heavy atom. The van der Waals surface area contributed by atoms with Crippen molar-refractivity contribution < 1.29 is 0 Å². The van der Waals surface area contributed by atoms with Crippen LogP contribution < -0.4 is 0 Å². The minimum atomic E-state index is 1.14. The Labute approximate surface area is 140 Å². The van der Waals surface area contributed by atoms with Gasteiger partial charge in [0.1, 0.15) is 0 Å². The molecule has 5 aromatic rings. The zero-order chi connectivity index (χ0) is 15.9. The van der Waals surface area contributed by atoms with E-state index in [4.69, 9.17) is 0 Å². The molecule has 0 saturated carbocycles. The standard InChI is InChI=1S/C21H15BN2/c1-2-10-19-14(6-1)15-7-3-8-17(21(15)24-19)20-16(9-4-12-22-20)18-11-5-13-23-18/h1-13,23-24H. The fourth-order valence-corrected chi connectivity index (χ4v) is 3.55. The fourth-order valence-electron chi connectivity index (χ4n) is 3.55. The van der Waals surface area contributed by atoms with Crippen molar-refractivity contribution in [3.63, 3.8) is 0 Å². The quantitative estimate of drug-likeness (QED) is 0.442. The first-order valence-electron chi connectivity index (χ1n) is 8.14. The van der Waals surface area contributed by atoms with Gasteiger partial charge in [-0.25, -0.2) is 0 Å². The summed E-state index contributed by atoms with van der Waals surface area (Å²) in [7, 11) is 0. The maximum absolute atomic E-state index is 3.61. The molecule has 112 valence electrons. The van der Waals surface area contributed by atoms with Crippen LogP contribution in [0.5, 0.6) is 0 Å². The molecule has 3 heteroatoms. The van der Waals surface area contributed by atoms with Gasteiger partial charge in [-0.3, -0.25) is 0 Å². The van der Waals surface area contributed by atoms with Gasteiger partial charge in [0.15, 0.2) is 0 Å². The number of fused-ring (bicyclic) bond motifs is 3. The first-order chi connectivity index (χ1) is 11.9. The Balaban J connectivity index is 1.85. The molecule has 0 unspecified atom stereocenters. The van der Waals surface area contributed by atoms with Crippen molar-refractivity contribution in [2.24, 2.45) is 0 Å². The molecule has 0 amide bonds. The number of hydrogen-bond donors (Lipinski definition) is 2. The molecule has 0 aliphatic carbocycles. The van der Waals surface area contributed by atoms with Crippen molar-refractivity contribution in [3.05, 3.63) is 78.9 Å². The Bertz CT molecular complexity index is 1150. The van der Waals surface area contributed by atoms with Crippen molar-refractivity contribution in [1.29, 1.82) is 0 Å². The molecule has 3 heterocycles. The van der Waals surface area contributed by atoms with Gasteiger partial charge in [-0.15, -0.1) is 0 Å². The molecule has 0 atom stereocenters. The van der Waals surface area contributed by atoms with E-state index in [1.807, 2.05) is 12.3 Å². The Kier molecular flexibility index (Phi) is 2.92. The van der Waals surface area contributed by atoms with Crippen LogP contribution in [0.15, 0.2) is 78.9 Å². The molecule has 2 N–H and O–H groups in total. The van der Waals surface area contributed by atoms with Crippen molar-refractivity contribution in [3.8, 4) is 22.3 Å². The number of para-hydroxylation sites is 2. The van der Waals surface area contributed by atoms with Gasteiger partial charge in [0.2, 0.25) is 0 Å². The number of rotatable bonds is 2. The molecule has 3 aromatic heterocycles. The van der Waals surface area contributed by atoms with Crippen LogP contribution in [-0.4, -0.2) is 16.9 Å². The van der Waals surface area contributed by atoms with Crippen LogP contribution in [0.3, 0.4) is 0 Å². The van der Waals surface area contributed by atoms with Crippen molar-refractivity contribution in [2.45, 2.75) is 0 Å². The van der Waals surface area contributed by atoms with E-state index in [0.29, 0.717) is 0 Å². The van der Waals surface area contributed by atoms with Crippen LogP contribution in [0.1, 0.15) is 0 Å². The van der Waals surface area contributed by atoms with E-state index in [-0.39, 0.29) is 0 Å². The molecule has 0 aliphatic rings. The molecule has 2 aromatic carbocycles. The number of aromatic nitrogens is 2. The maximum atomic E-state index is 3.61. The molecule has 5 rings (SSSR count). The molecule has 0 saturated heterocycles. The molecule has 0 spiro atoms. The van der Waals surface area contributed by atoms with E-state index in [9.17, 15) is 0 Å². The molecular formula is C21H15BN2. The Morgan fingerprint density at radius 1 is 0.708 bits per heavy atom. The van der Waals surface area contributed by atoms with Crippen LogP contribution in [0.4, 0.5) is 0 Å². The van der Waals surface area contributed by atoms with Crippen LogP contribution in [0, 0.1) is 0 Å². The molecular weight excluding hydrogens is 291 g/mol. The average Bonchev–Trinajstić information content (AvgIpc) is 3.29. The predicted molar refractivity (Wildman–Crippen MR) is 102 cm³/mol. The SMILES string of the molecule is b1cccc(-c2ccc[nH]2)c1-c1cccc2c1[nH]c1ccccc12. The predicted octanol–water partition coefficient (Wildman–Crippen LogP) is 5.32. The van der Waals surface area contributed by atoms with Gasteiger partial charge in [0.25, 0.3) is 0 Å². The van der Waals surface area contributed by atoms with Crippen molar-refractivity contribution >= 4 is 28.7 Å². The number of aromatic amines is 2. The second-order valence-electron chi connectivity index (χ2n) is 6.03. The number of benzene rings is 2. The van der Waals surface area contributed by atoms with Crippen LogP contribution >= 0.6 is 0 Å². The van der Waals surface area contributed by atoms with E-state index >= 15 is 0 Å². The number of hydrogen-bond acceptors (Lipinski definition) is 0. The molecule has 0 radical (unpaired) electrons. The average molecular weight is 306 g/mol. The third kappa shape index (κ3) is 1.95. The zero-order valence-corrected chi connectivity index (χ0v) is 13.1. The summed E-state index contributed by atoms with van der Waals surface area (Å²) in [5, 5.41) is 2.54. The normalized spacial score (nSPS) is 11.2. The topological polar surface area (TPSA) is 31.6 Å². The second kappa shape index (κ2) is 5.24. The molecule has 24 heavy (non-hydrogen) atoms. The Morgan fingerprint density at radius 2 is 1.58 bits per heavy atom. The third-order valence-corrected chi connectivity index (χ3v) is 4.65. The van der Waals surface area contributed by atoms with E-state index < -0.39 is 0 Å². The van der Waals surface area contributed by atoms with Gasteiger partial charge in [0, 0.05) is 0 Å². The molecule has 0 aliphatic heterocycles. The molecule has 0 fully saturated rings. The summed E-state index contributed by atoms with van der Waals surface area (Å²) in [5.74, 6) is 2.10. The van der Waals surface area contributed by atoms with E-state index in [2.05, 4.69) is 83.5 Å². The third-order valence-electron chi connectivity index (χ3n) is 4.65. The first kappa shape index (κ1) is 13.4. The van der Waals surface area contributed by atoms with Gasteiger partial charge in [-0.05, 0) is 0 Å². The van der Waals surface area contributed by atoms with Gasteiger partial charge < -0.3 is 0 Å². The number of H-pyrrole nitrogens is 2. The summed E-state index contributed by atoms with van der Waals surface area (Å²) in [6, 6.07) is 23.4. The van der Waals surface area contributed by atoms with Crippen molar-refractivity contribution in [2.75, 3.05) is 0 Å². The van der Waals surface area contributed by atoms with Gasteiger partial charge in [0.05, 0.1) is 0 Å². The summed E-state index contributed by atoms with van der Waals surface area (Å²) in [4.78, 5) is 6.94. The van der Waals surface area contributed by atoms with Gasteiger partial charge >= 0.3 is 140 Å². The summed E-state index contributed by atoms with van der Waals surface area (Å²) in [5.41, 5.74) is 7.19. The zero-order valence-electron chi connectivity index (χ0n) is 13.1. The monoisotopic (exact) mass is 306 g/mol. The second-order valence-corrected chi connectivity index (χ2v) is 6.03. The summed E-state index contributed by atoms with van der Waals surface area (Å²) in [6.07, 6.45) is 1.97. The first-order valence-corrected chi connectivity index (χ1v) is 8.14. The van der Waals surface area contributed by atoms with Crippen LogP contribution in [-0.2, 0) is 0 Å². The minimum absolute atomic E-state index is 1.14. The van der Waals surface area contributed by atoms with Crippen molar-refractivity contribution in [1.82, 2.24) is 9.97 Å². The Hall–Kier alpha value is -3.07. The van der Waals surface area contributed by atoms with Crippen LogP contribution in [0.25, 0.3) is 44.1 Å². The summed E-state index contributed by atoms with van der Waals surface area (Å²) >= 11 is 0. The molecule has 2 nitrogen and oxygen atoms in total. The fraction of sp³-hybridized carbons (Fsp3) is 0. The van der Waals surface area contributed by atoms with Gasteiger partial charge in [-0.1, -0.05) is 0 Å². The summed E-state index contributed by atoms with van der Waals surface area (Å²) in [6.45, 7) is 2.19. The van der Waals surface area contributed by atoms with Crippen LogP contribution in [0.2, 0.25) is 0 Å². The van der Waals surface area contributed by atoms with E-state index in [1.165, 1.54) is 38.4 Å².